The molecule has 0 unspecified atom stereocenters. The van der Waals surface area contributed by atoms with Crippen molar-refractivity contribution < 1.29 is 14.2 Å². The summed E-state index contributed by atoms with van der Waals surface area (Å²) < 4.78 is 15.9. The van der Waals surface area contributed by atoms with Gasteiger partial charge in [0.15, 0.2) is 5.96 Å². The molecule has 30 heavy (non-hydrogen) atoms. The molecule has 0 bridgehead atoms. The van der Waals surface area contributed by atoms with Crippen molar-refractivity contribution in [1.29, 1.82) is 0 Å². The van der Waals surface area contributed by atoms with Crippen molar-refractivity contribution in [2.24, 2.45) is 4.99 Å². The molecule has 0 aromatic heterocycles. The molecule has 0 heterocycles. The number of methoxy groups -OCH3 is 2. The summed E-state index contributed by atoms with van der Waals surface area (Å²) in [7, 11) is 3.35. The first kappa shape index (κ1) is 25.8. The van der Waals surface area contributed by atoms with Crippen LogP contribution in [0.4, 0.5) is 5.69 Å². The Morgan fingerprint density at radius 3 is 2.20 bits per heavy atom. The molecule has 0 amide bonds. The van der Waals surface area contributed by atoms with Gasteiger partial charge in [-0.25, -0.2) is 4.99 Å². The van der Waals surface area contributed by atoms with Gasteiger partial charge in [0.2, 0.25) is 0 Å². The number of hydrogen-bond acceptors (Lipinski definition) is 5. The summed E-state index contributed by atoms with van der Waals surface area (Å²) in [6.45, 7) is 6.12. The maximum Gasteiger partial charge on any atom is 0.191 e. The van der Waals surface area contributed by atoms with Gasteiger partial charge in [-0.2, -0.15) is 0 Å². The summed E-state index contributed by atoms with van der Waals surface area (Å²) in [6, 6.07) is 15.8. The van der Waals surface area contributed by atoms with Gasteiger partial charge in [-0.15, -0.1) is 24.0 Å². The number of benzene rings is 2. The molecule has 0 saturated heterocycles. The molecule has 0 aliphatic rings. The Bertz CT molecular complexity index is 724. The SMILES string of the molecule is CCNC(=NCc1ccc(NCCOC)cc1)NCCOc1ccc(OC)cc1.I. The van der Waals surface area contributed by atoms with Gasteiger partial charge < -0.3 is 30.2 Å². The van der Waals surface area contributed by atoms with Crippen LogP contribution >= 0.6 is 24.0 Å². The number of anilines is 1. The van der Waals surface area contributed by atoms with Gasteiger partial charge in [0.25, 0.3) is 0 Å². The van der Waals surface area contributed by atoms with Crippen LogP contribution in [0.3, 0.4) is 0 Å². The highest BCUT2D eigenvalue weighted by Gasteiger charge is 2.00. The predicted molar refractivity (Wildman–Crippen MR) is 134 cm³/mol. The standard InChI is InChI=1S/C22H32N4O3.HI/c1-4-23-22(25-14-16-29-21-11-9-20(28-3)10-12-21)26-17-18-5-7-19(8-6-18)24-13-15-27-2;/h5-12,24H,4,13-17H2,1-3H3,(H2,23,25,26);1H. The first-order chi connectivity index (χ1) is 14.2. The molecule has 0 aliphatic carbocycles. The lowest BCUT2D eigenvalue weighted by Gasteiger charge is -2.12. The van der Waals surface area contributed by atoms with Gasteiger partial charge in [0, 0.05) is 25.9 Å². The Kier molecular flexibility index (Phi) is 13.4. The molecule has 2 aromatic carbocycles. The van der Waals surface area contributed by atoms with E-state index in [9.17, 15) is 0 Å². The molecule has 3 N–H and O–H groups in total. The number of aliphatic imine (C=N–C) groups is 1. The number of hydrogen-bond donors (Lipinski definition) is 3. The second-order valence-electron chi connectivity index (χ2n) is 6.26. The van der Waals surface area contributed by atoms with Gasteiger partial charge in [-0.1, -0.05) is 12.1 Å². The van der Waals surface area contributed by atoms with E-state index in [2.05, 4.69) is 45.2 Å². The maximum absolute atomic E-state index is 5.73. The smallest absolute Gasteiger partial charge is 0.191 e. The maximum atomic E-state index is 5.73. The van der Waals surface area contributed by atoms with Crippen LogP contribution in [0.25, 0.3) is 0 Å². The summed E-state index contributed by atoms with van der Waals surface area (Å²) in [6.07, 6.45) is 0. The van der Waals surface area contributed by atoms with Crippen molar-refractivity contribution in [3.63, 3.8) is 0 Å². The molecule has 8 heteroatoms. The molecular weight excluding hydrogens is 495 g/mol. The van der Waals surface area contributed by atoms with Crippen molar-refractivity contribution >= 4 is 35.6 Å². The first-order valence-corrected chi connectivity index (χ1v) is 9.86. The molecule has 0 aliphatic heterocycles. The van der Waals surface area contributed by atoms with Crippen LogP contribution in [-0.4, -0.2) is 53.0 Å². The van der Waals surface area contributed by atoms with Crippen molar-refractivity contribution in [2.75, 3.05) is 52.4 Å². The Hall–Kier alpha value is -2.20. The normalized spacial score (nSPS) is 10.7. The van der Waals surface area contributed by atoms with Gasteiger partial charge in [0.05, 0.1) is 26.8 Å². The molecular formula is C22H33IN4O3. The Balaban J connectivity index is 0.00000450. The third kappa shape index (κ3) is 10.0. The summed E-state index contributed by atoms with van der Waals surface area (Å²) in [5.41, 5.74) is 2.23. The average molecular weight is 528 g/mol. The van der Waals surface area contributed by atoms with Gasteiger partial charge >= 0.3 is 0 Å². The van der Waals surface area contributed by atoms with Crippen molar-refractivity contribution in [3.8, 4) is 11.5 Å². The van der Waals surface area contributed by atoms with Crippen LogP contribution in [0.1, 0.15) is 12.5 Å². The minimum atomic E-state index is 0. The lowest BCUT2D eigenvalue weighted by Crippen LogP contribution is -2.39. The molecule has 2 rings (SSSR count). The number of ether oxygens (including phenoxy) is 3. The molecule has 0 spiro atoms. The highest BCUT2D eigenvalue weighted by Crippen LogP contribution is 2.16. The first-order valence-electron chi connectivity index (χ1n) is 9.86. The highest BCUT2D eigenvalue weighted by atomic mass is 127. The fourth-order valence-electron chi connectivity index (χ4n) is 2.55. The monoisotopic (exact) mass is 528 g/mol. The van der Waals surface area contributed by atoms with Crippen LogP contribution < -0.4 is 25.4 Å². The van der Waals surface area contributed by atoms with Gasteiger partial charge in [-0.05, 0) is 48.9 Å². The summed E-state index contributed by atoms with van der Waals surface area (Å²) in [4.78, 5) is 4.64. The lowest BCUT2D eigenvalue weighted by atomic mass is 10.2. The Morgan fingerprint density at radius 2 is 1.57 bits per heavy atom. The molecule has 7 nitrogen and oxygen atoms in total. The van der Waals surface area contributed by atoms with Crippen LogP contribution in [0, 0.1) is 0 Å². The largest absolute Gasteiger partial charge is 0.497 e. The summed E-state index contributed by atoms with van der Waals surface area (Å²) in [5.74, 6) is 2.40. The quantitative estimate of drug-likeness (QED) is 0.170. The number of guanidine groups is 1. The molecule has 2 aromatic rings. The van der Waals surface area contributed by atoms with Crippen LogP contribution in [0.15, 0.2) is 53.5 Å². The minimum absolute atomic E-state index is 0. The molecule has 0 atom stereocenters. The van der Waals surface area contributed by atoms with Gasteiger partial charge in [-0.3, -0.25) is 0 Å². The molecule has 0 fully saturated rings. The van der Waals surface area contributed by atoms with E-state index in [0.29, 0.717) is 26.3 Å². The zero-order valence-electron chi connectivity index (χ0n) is 17.9. The second-order valence-corrected chi connectivity index (χ2v) is 6.26. The van der Waals surface area contributed by atoms with E-state index in [1.807, 2.05) is 31.2 Å². The van der Waals surface area contributed by atoms with Crippen molar-refractivity contribution in [3.05, 3.63) is 54.1 Å². The van der Waals surface area contributed by atoms with E-state index in [-0.39, 0.29) is 24.0 Å². The number of rotatable bonds is 12. The molecule has 0 radical (unpaired) electrons. The molecule has 166 valence electrons. The second kappa shape index (κ2) is 15.6. The average Bonchev–Trinajstić information content (AvgIpc) is 2.76. The van der Waals surface area contributed by atoms with E-state index < -0.39 is 0 Å². The topological polar surface area (TPSA) is 76.1 Å². The number of nitrogens with one attached hydrogen (secondary N) is 3. The van der Waals surface area contributed by atoms with E-state index >= 15 is 0 Å². The zero-order chi connectivity index (χ0) is 20.7. The fourth-order valence-corrected chi connectivity index (χ4v) is 2.55. The van der Waals surface area contributed by atoms with Crippen molar-refractivity contribution in [2.45, 2.75) is 13.5 Å². The van der Waals surface area contributed by atoms with E-state index in [1.165, 1.54) is 0 Å². The Morgan fingerprint density at radius 1 is 0.867 bits per heavy atom. The number of nitrogens with zero attached hydrogens (tertiary/aromatic N) is 1. The lowest BCUT2D eigenvalue weighted by molar-refractivity contribution is 0.211. The number of halogens is 1. The third-order valence-electron chi connectivity index (χ3n) is 4.08. The van der Waals surface area contributed by atoms with E-state index in [1.54, 1.807) is 14.2 Å². The predicted octanol–water partition coefficient (Wildman–Crippen LogP) is 3.51. The van der Waals surface area contributed by atoms with E-state index in [0.717, 1.165) is 41.8 Å². The zero-order valence-corrected chi connectivity index (χ0v) is 20.3. The summed E-state index contributed by atoms with van der Waals surface area (Å²) >= 11 is 0. The Labute approximate surface area is 196 Å². The molecule has 0 saturated carbocycles. The van der Waals surface area contributed by atoms with E-state index in [4.69, 9.17) is 14.2 Å². The minimum Gasteiger partial charge on any atom is -0.497 e. The highest BCUT2D eigenvalue weighted by molar-refractivity contribution is 14.0. The summed E-state index contributed by atoms with van der Waals surface area (Å²) in [5, 5.41) is 9.85. The van der Waals surface area contributed by atoms with Crippen LogP contribution in [-0.2, 0) is 11.3 Å². The van der Waals surface area contributed by atoms with Gasteiger partial charge in [0.1, 0.15) is 18.1 Å². The van der Waals surface area contributed by atoms with Crippen LogP contribution in [0.2, 0.25) is 0 Å². The van der Waals surface area contributed by atoms with Crippen LogP contribution in [0.5, 0.6) is 11.5 Å². The van der Waals surface area contributed by atoms with Crippen molar-refractivity contribution in [1.82, 2.24) is 10.6 Å². The fraction of sp³-hybridized carbons (Fsp3) is 0.409. The third-order valence-corrected chi connectivity index (χ3v) is 4.08.